The van der Waals surface area contributed by atoms with Gasteiger partial charge < -0.3 is 0 Å². The van der Waals surface area contributed by atoms with Gasteiger partial charge in [-0.1, -0.05) is 231 Å². The van der Waals surface area contributed by atoms with Crippen LogP contribution in [0, 0.1) is 0 Å². The third kappa shape index (κ3) is 6.90. The Balaban J connectivity index is 1.04. The quantitative estimate of drug-likeness (QED) is 0.111. The summed E-state index contributed by atoms with van der Waals surface area (Å²) in [6, 6.07) is 74.8. The lowest BCUT2D eigenvalue weighted by atomic mass is 9.69. The van der Waals surface area contributed by atoms with E-state index < -0.39 is 0 Å². The number of rotatable bonds is 7. The summed E-state index contributed by atoms with van der Waals surface area (Å²) in [5.74, 6) is 0.127. The molecule has 1 unspecified atom stereocenters. The minimum Gasteiger partial charge on any atom is -0.0836 e. The first-order chi connectivity index (χ1) is 33.7. The smallest absolute Gasteiger partial charge is 0.0145 e. The van der Waals surface area contributed by atoms with Crippen molar-refractivity contribution in [1.29, 1.82) is 0 Å². The van der Waals surface area contributed by atoms with Gasteiger partial charge in [0.05, 0.1) is 0 Å². The molecule has 0 amide bonds. The molecule has 0 bridgehead atoms. The maximum atomic E-state index is 2.59. The summed E-state index contributed by atoms with van der Waals surface area (Å²) in [6.45, 7) is 0. The molecule has 13 rings (SSSR count). The maximum Gasteiger partial charge on any atom is 0.0145 e. The standard InChI is InChI=1S/C68H50/c1-3-19-45(20-4-1)53-43-64(47-21-5-2-6-22-47)68(65(44-53)58-31-12-11-30-57(58)56-36-18-25-46-23-7-9-28-54(46)56)51-27-17-26-50(41-51)66-59-32-13-15-34-61(59)67(62-35-16-14-33-60(62)66)52-40-39-49-38-37-48-24-8-10-29-55(48)63(49)42-52/h1,3-5,7-16,18-26,28-43,65H,2,6,17,27,44H2. The predicted octanol–water partition coefficient (Wildman–Crippen LogP) is 18.7. The van der Waals surface area contributed by atoms with Crippen LogP contribution in [0.3, 0.4) is 0 Å². The monoisotopic (exact) mass is 866 g/mol. The van der Waals surface area contributed by atoms with Crippen molar-refractivity contribution >= 4 is 65.0 Å². The van der Waals surface area contributed by atoms with Crippen LogP contribution >= 0.6 is 0 Å². The van der Waals surface area contributed by atoms with Gasteiger partial charge in [0.25, 0.3) is 0 Å². The van der Waals surface area contributed by atoms with Crippen LogP contribution in [0.25, 0.3) is 87.3 Å². The molecule has 0 aromatic heterocycles. The summed E-state index contributed by atoms with van der Waals surface area (Å²) in [7, 11) is 0. The van der Waals surface area contributed by atoms with Gasteiger partial charge >= 0.3 is 0 Å². The summed E-state index contributed by atoms with van der Waals surface area (Å²) in [4.78, 5) is 0. The summed E-state index contributed by atoms with van der Waals surface area (Å²) >= 11 is 0. The highest BCUT2D eigenvalue weighted by atomic mass is 14.4. The van der Waals surface area contributed by atoms with Crippen LogP contribution in [0.15, 0.2) is 259 Å². The second kappa shape index (κ2) is 17.0. The van der Waals surface area contributed by atoms with Crippen LogP contribution in [0.2, 0.25) is 0 Å². The molecule has 0 saturated carbocycles. The maximum absolute atomic E-state index is 2.59. The lowest BCUT2D eigenvalue weighted by Crippen LogP contribution is -2.16. The fourth-order valence-electron chi connectivity index (χ4n) is 11.9. The summed E-state index contributed by atoms with van der Waals surface area (Å²) in [5, 5.41) is 12.8. The number of fused-ring (bicyclic) bond motifs is 6. The molecule has 0 heteroatoms. The largest absolute Gasteiger partial charge is 0.0836 e. The molecule has 68 heavy (non-hydrogen) atoms. The molecular formula is C68H50. The minimum absolute atomic E-state index is 0.127. The third-order valence-corrected chi connectivity index (χ3v) is 15.0. The van der Waals surface area contributed by atoms with Gasteiger partial charge in [-0.3, -0.25) is 0 Å². The Morgan fingerprint density at radius 2 is 0.956 bits per heavy atom. The fraction of sp³-hybridized carbons (Fsp3) is 0.0882. The van der Waals surface area contributed by atoms with E-state index >= 15 is 0 Å². The number of hydrogen-bond acceptors (Lipinski definition) is 0. The van der Waals surface area contributed by atoms with Gasteiger partial charge in [-0.25, -0.2) is 0 Å². The molecule has 1 atom stereocenters. The van der Waals surface area contributed by atoms with Crippen LogP contribution in [0.5, 0.6) is 0 Å². The molecule has 0 saturated heterocycles. The molecular weight excluding hydrogens is 817 g/mol. The molecule has 0 nitrogen and oxygen atoms in total. The predicted molar refractivity (Wildman–Crippen MR) is 292 cm³/mol. The van der Waals surface area contributed by atoms with Crippen molar-refractivity contribution in [3.8, 4) is 22.3 Å². The Morgan fingerprint density at radius 1 is 0.368 bits per heavy atom. The topological polar surface area (TPSA) is 0 Å². The van der Waals surface area contributed by atoms with Crippen molar-refractivity contribution in [3.05, 3.63) is 276 Å². The van der Waals surface area contributed by atoms with Crippen molar-refractivity contribution < 1.29 is 0 Å². The highest BCUT2D eigenvalue weighted by Gasteiger charge is 2.32. The highest BCUT2D eigenvalue weighted by Crippen LogP contribution is 2.52. The van der Waals surface area contributed by atoms with Gasteiger partial charge in [-0.05, 0) is 164 Å². The Bertz CT molecular complexity index is 3800. The summed E-state index contributed by atoms with van der Waals surface area (Å²) < 4.78 is 0. The molecule has 0 aliphatic heterocycles. The van der Waals surface area contributed by atoms with E-state index in [-0.39, 0.29) is 5.92 Å². The first-order valence-electron chi connectivity index (χ1n) is 24.5. The molecule has 322 valence electrons. The zero-order chi connectivity index (χ0) is 45.0. The first-order valence-corrected chi connectivity index (χ1v) is 24.5. The average molecular weight is 867 g/mol. The SMILES string of the molecule is C1=CC(C2=C(C3=CC(c4c5ccccc5c(-c5ccc6ccc7ccccc7c6c5)c5ccccc45)=CCC3)C(c3ccccc3-c3cccc4ccccc34)CC(c3ccccc3)=C2)=CCC1. The van der Waals surface area contributed by atoms with Crippen LogP contribution in [0.4, 0.5) is 0 Å². The minimum atomic E-state index is 0.127. The van der Waals surface area contributed by atoms with Crippen LogP contribution in [0.1, 0.15) is 54.7 Å². The van der Waals surface area contributed by atoms with Crippen molar-refractivity contribution in [2.24, 2.45) is 0 Å². The van der Waals surface area contributed by atoms with Gasteiger partial charge in [0, 0.05) is 5.92 Å². The molecule has 0 fully saturated rings. The Kier molecular flexibility index (Phi) is 10.0. The van der Waals surface area contributed by atoms with Gasteiger partial charge in [0.2, 0.25) is 0 Å². The van der Waals surface area contributed by atoms with E-state index in [2.05, 4.69) is 237 Å². The summed E-state index contributed by atoms with van der Waals surface area (Å²) in [6.07, 6.45) is 19.9. The van der Waals surface area contributed by atoms with Crippen LogP contribution < -0.4 is 0 Å². The van der Waals surface area contributed by atoms with E-state index in [0.29, 0.717) is 0 Å². The van der Waals surface area contributed by atoms with E-state index in [1.165, 1.54) is 126 Å². The summed E-state index contributed by atoms with van der Waals surface area (Å²) in [5.41, 5.74) is 17.5. The van der Waals surface area contributed by atoms with E-state index in [1.807, 2.05) is 0 Å². The Morgan fingerprint density at radius 3 is 1.71 bits per heavy atom. The van der Waals surface area contributed by atoms with Gasteiger partial charge in [-0.2, -0.15) is 0 Å². The van der Waals surface area contributed by atoms with Crippen LogP contribution in [-0.4, -0.2) is 0 Å². The van der Waals surface area contributed by atoms with E-state index in [0.717, 1.165) is 32.1 Å². The van der Waals surface area contributed by atoms with Gasteiger partial charge in [0.15, 0.2) is 0 Å². The molecule has 0 N–H and O–H groups in total. The normalized spacial score (nSPS) is 16.3. The first kappa shape index (κ1) is 40.2. The Labute approximate surface area is 398 Å². The molecule has 10 aromatic carbocycles. The molecule has 0 heterocycles. The van der Waals surface area contributed by atoms with Gasteiger partial charge in [-0.15, -0.1) is 0 Å². The van der Waals surface area contributed by atoms with Crippen molar-refractivity contribution in [1.82, 2.24) is 0 Å². The van der Waals surface area contributed by atoms with E-state index in [4.69, 9.17) is 0 Å². The Hall–Kier alpha value is -8.06. The molecule has 0 spiro atoms. The fourth-order valence-corrected chi connectivity index (χ4v) is 11.9. The average Bonchev–Trinajstić information content (AvgIpc) is 3.42. The van der Waals surface area contributed by atoms with Crippen molar-refractivity contribution in [2.75, 3.05) is 0 Å². The zero-order valence-corrected chi connectivity index (χ0v) is 38.1. The van der Waals surface area contributed by atoms with Crippen LogP contribution in [-0.2, 0) is 0 Å². The molecule has 0 radical (unpaired) electrons. The highest BCUT2D eigenvalue weighted by molar-refractivity contribution is 6.20. The lowest BCUT2D eigenvalue weighted by Gasteiger charge is -2.34. The lowest BCUT2D eigenvalue weighted by molar-refractivity contribution is 0.786. The van der Waals surface area contributed by atoms with E-state index in [9.17, 15) is 0 Å². The second-order valence-electron chi connectivity index (χ2n) is 18.8. The second-order valence-corrected chi connectivity index (χ2v) is 18.8. The van der Waals surface area contributed by atoms with E-state index in [1.54, 1.807) is 0 Å². The third-order valence-electron chi connectivity index (χ3n) is 15.0. The van der Waals surface area contributed by atoms with Crippen molar-refractivity contribution in [3.63, 3.8) is 0 Å². The number of allylic oxidation sites excluding steroid dienone is 12. The molecule has 3 aliphatic rings. The van der Waals surface area contributed by atoms with Gasteiger partial charge in [0.1, 0.15) is 0 Å². The zero-order valence-electron chi connectivity index (χ0n) is 38.1. The molecule has 3 aliphatic carbocycles. The number of benzene rings is 10. The van der Waals surface area contributed by atoms with Crippen molar-refractivity contribution in [2.45, 2.75) is 38.0 Å². The number of hydrogen-bond donors (Lipinski definition) is 0. The molecule has 10 aromatic rings.